The van der Waals surface area contributed by atoms with E-state index in [9.17, 15) is 18.8 Å². The number of benzene rings is 1. The molecule has 1 rings (SSSR count). The molecule has 7 nitrogen and oxygen atoms in total. The molecule has 1 aromatic rings. The molecular formula is C18H24ClFN2O5. The zero-order chi connectivity index (χ0) is 20.6. The standard InChI is InChI=1S/C18H24ClFN2O5/c1-11(16(24)22-14-8-7-12(20)10-13(14)19)26-15(23)6-5-9-21-17(25)27-18(2,3)4/h7-8,10-11H,5-6,9H2,1-4H3,(H,21,25)(H,22,24)/t11-/m1/s1. The van der Waals surface area contributed by atoms with Crippen LogP contribution in [0.4, 0.5) is 14.9 Å². The van der Waals surface area contributed by atoms with E-state index in [2.05, 4.69) is 10.6 Å². The Morgan fingerprint density at radius 1 is 1.26 bits per heavy atom. The van der Waals surface area contributed by atoms with Gasteiger partial charge >= 0.3 is 12.1 Å². The average molecular weight is 403 g/mol. The van der Waals surface area contributed by atoms with Crippen molar-refractivity contribution in [1.82, 2.24) is 5.32 Å². The van der Waals surface area contributed by atoms with Gasteiger partial charge in [0.15, 0.2) is 6.10 Å². The van der Waals surface area contributed by atoms with Crippen molar-refractivity contribution in [2.45, 2.75) is 52.2 Å². The number of hydrogen-bond acceptors (Lipinski definition) is 5. The van der Waals surface area contributed by atoms with Crippen LogP contribution in [0.1, 0.15) is 40.5 Å². The quantitative estimate of drug-likeness (QED) is 0.536. The second kappa shape index (κ2) is 10.1. The van der Waals surface area contributed by atoms with Gasteiger partial charge in [0.1, 0.15) is 11.4 Å². The maximum atomic E-state index is 13.0. The number of anilines is 1. The van der Waals surface area contributed by atoms with Crippen LogP contribution in [0.15, 0.2) is 18.2 Å². The fourth-order valence-electron chi connectivity index (χ4n) is 1.87. The van der Waals surface area contributed by atoms with E-state index < -0.39 is 35.5 Å². The molecule has 0 radical (unpaired) electrons. The van der Waals surface area contributed by atoms with Crippen LogP contribution in [-0.4, -0.2) is 36.2 Å². The van der Waals surface area contributed by atoms with Gasteiger partial charge in [-0.25, -0.2) is 9.18 Å². The Kier molecular flexibility index (Phi) is 8.49. The summed E-state index contributed by atoms with van der Waals surface area (Å²) >= 11 is 5.83. The topological polar surface area (TPSA) is 93.7 Å². The molecule has 2 N–H and O–H groups in total. The molecule has 0 saturated carbocycles. The van der Waals surface area contributed by atoms with E-state index in [4.69, 9.17) is 21.1 Å². The van der Waals surface area contributed by atoms with Crippen LogP contribution in [-0.2, 0) is 19.1 Å². The summed E-state index contributed by atoms with van der Waals surface area (Å²) in [7, 11) is 0. The van der Waals surface area contributed by atoms with Gasteiger partial charge in [-0.1, -0.05) is 11.6 Å². The molecule has 0 bridgehead atoms. The van der Waals surface area contributed by atoms with Gasteiger partial charge in [0.2, 0.25) is 0 Å². The fourth-order valence-corrected chi connectivity index (χ4v) is 2.09. The number of carbonyl (C=O) groups excluding carboxylic acids is 3. The maximum Gasteiger partial charge on any atom is 0.407 e. The maximum absolute atomic E-state index is 13.0. The van der Waals surface area contributed by atoms with Crippen LogP contribution >= 0.6 is 11.6 Å². The van der Waals surface area contributed by atoms with E-state index in [1.807, 2.05) is 0 Å². The van der Waals surface area contributed by atoms with Gasteiger partial charge in [0, 0.05) is 13.0 Å². The summed E-state index contributed by atoms with van der Waals surface area (Å²) in [6.07, 6.45) is -1.28. The largest absolute Gasteiger partial charge is 0.453 e. The minimum atomic E-state index is -1.06. The summed E-state index contributed by atoms with van der Waals surface area (Å²) in [6, 6.07) is 3.52. The average Bonchev–Trinajstić information content (AvgIpc) is 2.52. The lowest BCUT2D eigenvalue weighted by molar-refractivity contribution is -0.153. The van der Waals surface area contributed by atoms with Crippen LogP contribution in [0.25, 0.3) is 0 Å². The lowest BCUT2D eigenvalue weighted by atomic mass is 10.2. The van der Waals surface area contributed by atoms with Crippen molar-refractivity contribution in [2.24, 2.45) is 0 Å². The minimum absolute atomic E-state index is 0.0186. The normalized spacial score (nSPS) is 12.1. The molecule has 1 atom stereocenters. The predicted octanol–water partition coefficient (Wildman–Crippen LogP) is 3.65. The molecule has 150 valence electrons. The van der Waals surface area contributed by atoms with Gasteiger partial charge in [-0.05, 0) is 52.3 Å². The summed E-state index contributed by atoms with van der Waals surface area (Å²) in [5, 5.41) is 5.02. The first kappa shape index (κ1) is 22.7. The molecule has 0 aliphatic carbocycles. The molecule has 0 aromatic heterocycles. The number of halogens is 2. The fraction of sp³-hybridized carbons (Fsp3) is 0.500. The second-order valence-electron chi connectivity index (χ2n) is 6.78. The molecule has 2 amide bonds. The van der Waals surface area contributed by atoms with Gasteiger partial charge in [0.05, 0.1) is 10.7 Å². The SMILES string of the molecule is C[C@@H](OC(=O)CCCNC(=O)OC(C)(C)C)C(=O)Nc1ccc(F)cc1Cl. The van der Waals surface area contributed by atoms with Crippen molar-refractivity contribution in [3.8, 4) is 0 Å². The van der Waals surface area contributed by atoms with E-state index in [0.29, 0.717) is 6.42 Å². The Balaban J connectivity index is 2.33. The first-order valence-electron chi connectivity index (χ1n) is 8.40. The van der Waals surface area contributed by atoms with Crippen molar-refractivity contribution in [1.29, 1.82) is 0 Å². The van der Waals surface area contributed by atoms with Gasteiger partial charge in [-0.3, -0.25) is 9.59 Å². The molecule has 0 fully saturated rings. The molecule has 0 heterocycles. The Hall–Kier alpha value is -2.35. The minimum Gasteiger partial charge on any atom is -0.453 e. The molecule has 0 spiro atoms. The summed E-state index contributed by atoms with van der Waals surface area (Å²) in [5.41, 5.74) is -0.383. The van der Waals surface area contributed by atoms with E-state index in [1.54, 1.807) is 20.8 Å². The first-order chi connectivity index (χ1) is 12.5. The van der Waals surface area contributed by atoms with E-state index >= 15 is 0 Å². The van der Waals surface area contributed by atoms with Crippen LogP contribution in [0.5, 0.6) is 0 Å². The summed E-state index contributed by atoms with van der Waals surface area (Å²) in [4.78, 5) is 35.3. The zero-order valence-electron chi connectivity index (χ0n) is 15.7. The highest BCUT2D eigenvalue weighted by Gasteiger charge is 2.19. The Morgan fingerprint density at radius 2 is 1.93 bits per heavy atom. The molecule has 1 aromatic carbocycles. The van der Waals surface area contributed by atoms with Crippen molar-refractivity contribution in [2.75, 3.05) is 11.9 Å². The van der Waals surface area contributed by atoms with Crippen molar-refractivity contribution in [3.05, 3.63) is 29.0 Å². The van der Waals surface area contributed by atoms with E-state index in [-0.39, 0.29) is 23.7 Å². The summed E-state index contributed by atoms with van der Waals surface area (Å²) in [6.45, 7) is 6.87. The highest BCUT2D eigenvalue weighted by molar-refractivity contribution is 6.33. The van der Waals surface area contributed by atoms with Crippen LogP contribution in [0.3, 0.4) is 0 Å². The number of rotatable bonds is 7. The molecule has 0 unspecified atom stereocenters. The lowest BCUT2D eigenvalue weighted by Gasteiger charge is -2.19. The number of nitrogens with one attached hydrogen (secondary N) is 2. The van der Waals surface area contributed by atoms with Crippen molar-refractivity contribution in [3.63, 3.8) is 0 Å². The van der Waals surface area contributed by atoms with Gasteiger partial charge in [-0.15, -0.1) is 0 Å². The zero-order valence-corrected chi connectivity index (χ0v) is 16.5. The summed E-state index contributed by atoms with van der Waals surface area (Å²) < 4.78 is 23.1. The second-order valence-corrected chi connectivity index (χ2v) is 7.18. The third kappa shape index (κ3) is 9.23. The van der Waals surface area contributed by atoms with E-state index in [0.717, 1.165) is 12.1 Å². The Morgan fingerprint density at radius 3 is 2.52 bits per heavy atom. The highest BCUT2D eigenvalue weighted by Crippen LogP contribution is 2.22. The monoisotopic (exact) mass is 402 g/mol. The number of alkyl carbamates (subject to hydrolysis) is 1. The Bertz CT molecular complexity index is 691. The number of esters is 1. The number of carbonyl (C=O) groups is 3. The smallest absolute Gasteiger partial charge is 0.407 e. The van der Waals surface area contributed by atoms with E-state index in [1.165, 1.54) is 13.0 Å². The molecule has 9 heteroatoms. The lowest BCUT2D eigenvalue weighted by Crippen LogP contribution is -2.33. The molecule has 0 aliphatic heterocycles. The van der Waals surface area contributed by atoms with Gasteiger partial charge < -0.3 is 20.1 Å². The molecule has 0 aliphatic rings. The molecule has 0 saturated heterocycles. The molecule has 27 heavy (non-hydrogen) atoms. The van der Waals surface area contributed by atoms with Gasteiger partial charge in [0.25, 0.3) is 5.91 Å². The number of amides is 2. The van der Waals surface area contributed by atoms with Crippen LogP contribution in [0.2, 0.25) is 5.02 Å². The van der Waals surface area contributed by atoms with Crippen molar-refractivity contribution >= 4 is 35.3 Å². The number of hydrogen-bond donors (Lipinski definition) is 2. The van der Waals surface area contributed by atoms with Crippen LogP contribution in [0, 0.1) is 5.82 Å². The first-order valence-corrected chi connectivity index (χ1v) is 8.78. The summed E-state index contributed by atoms with van der Waals surface area (Å²) in [5.74, 6) is -1.71. The third-order valence-corrected chi connectivity index (χ3v) is 3.41. The van der Waals surface area contributed by atoms with Gasteiger partial charge in [-0.2, -0.15) is 0 Å². The molecular weight excluding hydrogens is 379 g/mol. The highest BCUT2D eigenvalue weighted by atomic mass is 35.5. The van der Waals surface area contributed by atoms with Crippen molar-refractivity contribution < 1.29 is 28.2 Å². The predicted molar refractivity (Wildman–Crippen MR) is 99.1 cm³/mol. The van der Waals surface area contributed by atoms with Crippen LogP contribution < -0.4 is 10.6 Å². The number of ether oxygens (including phenoxy) is 2. The third-order valence-electron chi connectivity index (χ3n) is 3.09. The Labute approximate surface area is 162 Å².